The molecule has 0 unspecified atom stereocenters. The number of furan rings is 1. The predicted molar refractivity (Wildman–Crippen MR) is 84.3 cm³/mol. The molecule has 0 saturated carbocycles. The highest BCUT2D eigenvalue weighted by Gasteiger charge is 2.39. The minimum atomic E-state index is -1.79. The summed E-state index contributed by atoms with van der Waals surface area (Å²) in [5.74, 6) is 0.679. The Bertz CT molecular complexity index is 432. The average molecular weight is 280 g/mol. The Balaban J connectivity index is 2.63. The van der Waals surface area contributed by atoms with Gasteiger partial charge in [0.2, 0.25) is 0 Å². The first kappa shape index (κ1) is 16.1. The van der Waals surface area contributed by atoms with Gasteiger partial charge in [-0.05, 0) is 50.4 Å². The van der Waals surface area contributed by atoms with Crippen LogP contribution in [0.5, 0.6) is 5.95 Å². The minimum absolute atomic E-state index is 0.196. The second-order valence-electron chi connectivity index (χ2n) is 6.96. The smallest absolute Gasteiger partial charge is 0.270 e. The van der Waals surface area contributed by atoms with Gasteiger partial charge >= 0.3 is 0 Å². The van der Waals surface area contributed by atoms with Crippen molar-refractivity contribution >= 4 is 8.32 Å². The van der Waals surface area contributed by atoms with Crippen LogP contribution in [0.4, 0.5) is 0 Å². The third kappa shape index (κ3) is 4.90. The van der Waals surface area contributed by atoms with Crippen LogP contribution in [0.2, 0.25) is 18.1 Å². The summed E-state index contributed by atoms with van der Waals surface area (Å²) in [6.45, 7) is 15.4. The molecule has 0 aromatic carbocycles. The van der Waals surface area contributed by atoms with Crippen molar-refractivity contribution in [3.63, 3.8) is 0 Å². The monoisotopic (exact) mass is 280 g/mol. The quantitative estimate of drug-likeness (QED) is 0.520. The van der Waals surface area contributed by atoms with Crippen LogP contribution in [0.25, 0.3) is 0 Å². The maximum atomic E-state index is 6.13. The maximum absolute atomic E-state index is 6.13. The van der Waals surface area contributed by atoms with Crippen LogP contribution in [-0.2, 0) is 6.42 Å². The van der Waals surface area contributed by atoms with E-state index in [0.717, 1.165) is 12.8 Å². The zero-order valence-corrected chi connectivity index (χ0v) is 14.5. The molecule has 3 heteroatoms. The van der Waals surface area contributed by atoms with Crippen LogP contribution < -0.4 is 4.43 Å². The van der Waals surface area contributed by atoms with Gasteiger partial charge in [0.1, 0.15) is 0 Å². The summed E-state index contributed by atoms with van der Waals surface area (Å²) in [5, 5.41) is 0.196. The number of hydrogen-bond donors (Lipinski definition) is 0. The fourth-order valence-electron chi connectivity index (χ4n) is 1.47. The molecule has 0 amide bonds. The minimum Gasteiger partial charge on any atom is -0.519 e. The Kier molecular flexibility index (Phi) is 5.08. The molecule has 108 valence electrons. The fraction of sp³-hybridized carbons (Fsp3) is 0.625. The summed E-state index contributed by atoms with van der Waals surface area (Å²) in [7, 11) is -1.79. The number of aryl methyl sites for hydroxylation is 1. The summed E-state index contributed by atoms with van der Waals surface area (Å²) in [5.41, 5.74) is 2.58. The first-order chi connectivity index (χ1) is 8.62. The molecule has 1 aromatic heterocycles. The molecule has 0 radical (unpaired) electrons. The van der Waals surface area contributed by atoms with Gasteiger partial charge in [-0.3, -0.25) is 0 Å². The third-order valence-corrected chi connectivity index (χ3v) is 8.10. The summed E-state index contributed by atoms with van der Waals surface area (Å²) in [4.78, 5) is 0. The molecule has 0 aliphatic heterocycles. The van der Waals surface area contributed by atoms with Crippen molar-refractivity contribution in [3.05, 3.63) is 29.5 Å². The Morgan fingerprint density at radius 3 is 2.47 bits per heavy atom. The molecule has 0 aliphatic carbocycles. The van der Waals surface area contributed by atoms with Crippen LogP contribution in [-0.4, -0.2) is 8.32 Å². The zero-order chi connectivity index (χ0) is 14.7. The van der Waals surface area contributed by atoms with E-state index in [9.17, 15) is 0 Å². The molecule has 0 bridgehead atoms. The molecule has 0 N–H and O–H groups in total. The topological polar surface area (TPSA) is 22.4 Å². The molecule has 1 aromatic rings. The van der Waals surface area contributed by atoms with Crippen molar-refractivity contribution in [2.75, 3.05) is 0 Å². The molecule has 0 saturated heterocycles. The molecule has 1 rings (SSSR count). The van der Waals surface area contributed by atoms with Gasteiger partial charge in [0.15, 0.2) is 0 Å². The van der Waals surface area contributed by atoms with E-state index in [1.165, 1.54) is 11.1 Å². The Morgan fingerprint density at radius 1 is 1.32 bits per heavy atom. The van der Waals surface area contributed by atoms with Gasteiger partial charge in [-0.15, -0.1) is 0 Å². The van der Waals surface area contributed by atoms with E-state index in [1.54, 1.807) is 0 Å². The van der Waals surface area contributed by atoms with Crippen molar-refractivity contribution in [2.45, 2.75) is 65.6 Å². The molecule has 0 fully saturated rings. The van der Waals surface area contributed by atoms with Gasteiger partial charge in [-0.1, -0.05) is 32.4 Å². The van der Waals surface area contributed by atoms with Crippen molar-refractivity contribution in [3.8, 4) is 5.95 Å². The normalized spacial score (nSPS) is 12.4. The zero-order valence-electron chi connectivity index (χ0n) is 13.5. The van der Waals surface area contributed by atoms with E-state index < -0.39 is 8.32 Å². The summed E-state index contributed by atoms with van der Waals surface area (Å²) in [6, 6.07) is 2.04. The first-order valence-corrected chi connectivity index (χ1v) is 9.92. The highest BCUT2D eigenvalue weighted by Crippen LogP contribution is 2.37. The number of allylic oxidation sites excluding steroid dienone is 2. The van der Waals surface area contributed by atoms with Crippen molar-refractivity contribution in [2.24, 2.45) is 0 Å². The highest BCUT2D eigenvalue weighted by molar-refractivity contribution is 6.74. The van der Waals surface area contributed by atoms with Crippen molar-refractivity contribution in [1.82, 2.24) is 0 Å². The van der Waals surface area contributed by atoms with Gasteiger partial charge in [0.25, 0.3) is 14.3 Å². The molecule has 0 atom stereocenters. The highest BCUT2D eigenvalue weighted by atomic mass is 28.4. The second-order valence-corrected chi connectivity index (χ2v) is 11.7. The Hall–Kier alpha value is -0.963. The fourth-order valence-corrected chi connectivity index (χ4v) is 2.39. The van der Waals surface area contributed by atoms with E-state index in [4.69, 9.17) is 8.84 Å². The van der Waals surface area contributed by atoms with E-state index in [0.29, 0.717) is 5.95 Å². The lowest BCUT2D eigenvalue weighted by molar-refractivity contribution is 0.366. The molecule has 19 heavy (non-hydrogen) atoms. The molecular weight excluding hydrogens is 252 g/mol. The van der Waals surface area contributed by atoms with Crippen LogP contribution in [0.15, 0.2) is 28.4 Å². The van der Waals surface area contributed by atoms with Crippen molar-refractivity contribution < 1.29 is 8.84 Å². The Labute approximate surface area is 119 Å². The average Bonchev–Trinajstić information content (AvgIpc) is 2.62. The second kappa shape index (κ2) is 5.99. The van der Waals surface area contributed by atoms with E-state index in [1.807, 2.05) is 12.3 Å². The van der Waals surface area contributed by atoms with E-state index in [2.05, 4.69) is 53.8 Å². The number of rotatable bonds is 5. The molecule has 2 nitrogen and oxygen atoms in total. The summed E-state index contributed by atoms with van der Waals surface area (Å²) in [6.07, 6.45) is 6.14. The molecule has 0 spiro atoms. The van der Waals surface area contributed by atoms with Gasteiger partial charge in [0.05, 0.1) is 6.26 Å². The lowest BCUT2D eigenvalue weighted by Crippen LogP contribution is -2.43. The van der Waals surface area contributed by atoms with Crippen molar-refractivity contribution in [1.29, 1.82) is 0 Å². The van der Waals surface area contributed by atoms with Crippen LogP contribution in [0.3, 0.4) is 0 Å². The van der Waals surface area contributed by atoms with Crippen LogP contribution >= 0.6 is 0 Å². The standard InChI is InChI=1S/C16H28O2Si/c1-13(2)9-8-10-14-11-15(17-12-14)18-19(6,7)16(3,4)5/h9,11-12H,8,10H2,1-7H3. The lowest BCUT2D eigenvalue weighted by Gasteiger charge is -2.35. The van der Waals surface area contributed by atoms with E-state index in [-0.39, 0.29) is 5.04 Å². The summed E-state index contributed by atoms with van der Waals surface area (Å²) >= 11 is 0. The molecule has 0 aliphatic rings. The predicted octanol–water partition coefficient (Wildman–Crippen LogP) is 5.56. The van der Waals surface area contributed by atoms with Crippen LogP contribution in [0, 0.1) is 0 Å². The Morgan fingerprint density at radius 2 is 1.95 bits per heavy atom. The number of hydrogen-bond acceptors (Lipinski definition) is 2. The third-order valence-electron chi connectivity index (χ3n) is 3.78. The van der Waals surface area contributed by atoms with Gasteiger partial charge in [-0.25, -0.2) is 0 Å². The largest absolute Gasteiger partial charge is 0.519 e. The molecule has 1 heterocycles. The van der Waals surface area contributed by atoms with Gasteiger partial charge in [0, 0.05) is 6.07 Å². The SMILES string of the molecule is CC(C)=CCCc1coc(O[Si](C)(C)C(C)(C)C)c1. The molecular formula is C16H28O2Si. The summed E-state index contributed by atoms with van der Waals surface area (Å²) < 4.78 is 11.7. The lowest BCUT2D eigenvalue weighted by atomic mass is 10.1. The van der Waals surface area contributed by atoms with Gasteiger partial charge in [-0.2, -0.15) is 0 Å². The van der Waals surface area contributed by atoms with E-state index >= 15 is 0 Å². The van der Waals surface area contributed by atoms with Gasteiger partial charge < -0.3 is 8.84 Å². The van der Waals surface area contributed by atoms with Crippen LogP contribution in [0.1, 0.15) is 46.6 Å². The maximum Gasteiger partial charge on any atom is 0.270 e. The first-order valence-electron chi connectivity index (χ1n) is 7.01.